The molecule has 9 heteroatoms. The molecule has 0 radical (unpaired) electrons. The molecule has 2 aromatic rings. The molecule has 1 saturated heterocycles. The molecule has 31 heavy (non-hydrogen) atoms. The zero-order valence-electron chi connectivity index (χ0n) is 17.6. The Morgan fingerprint density at radius 1 is 1.00 bits per heavy atom. The molecule has 7 nitrogen and oxygen atoms in total. The summed E-state index contributed by atoms with van der Waals surface area (Å²) >= 11 is 1.83. The van der Waals surface area contributed by atoms with Crippen LogP contribution in [0.3, 0.4) is 0 Å². The first kappa shape index (κ1) is 22.0. The molecule has 0 bridgehead atoms. The normalized spacial score (nSPS) is 17.7. The van der Waals surface area contributed by atoms with Crippen molar-refractivity contribution in [1.29, 1.82) is 0 Å². The smallest absolute Gasteiger partial charge is 0.243 e. The van der Waals surface area contributed by atoms with Crippen LogP contribution in [-0.2, 0) is 14.8 Å². The quantitative estimate of drug-likeness (QED) is 0.682. The Hall–Kier alpha value is -2.23. The van der Waals surface area contributed by atoms with Crippen LogP contribution in [0.1, 0.15) is 6.42 Å². The summed E-state index contributed by atoms with van der Waals surface area (Å²) in [5, 5.41) is 0. The highest BCUT2D eigenvalue weighted by atomic mass is 32.2. The van der Waals surface area contributed by atoms with Crippen LogP contribution in [0.15, 0.2) is 58.3 Å². The van der Waals surface area contributed by atoms with Gasteiger partial charge in [-0.3, -0.25) is 4.79 Å². The van der Waals surface area contributed by atoms with E-state index in [1.807, 2.05) is 23.9 Å². The van der Waals surface area contributed by atoms with Gasteiger partial charge in [-0.15, -0.1) is 11.8 Å². The predicted octanol–water partition coefficient (Wildman–Crippen LogP) is 2.53. The van der Waals surface area contributed by atoms with Gasteiger partial charge in [0.2, 0.25) is 15.9 Å². The number of rotatable bonds is 5. The standard InChI is InChI=1S/C22H27N3O4S2/c1-29-18-7-9-19(10-8-18)31(27,28)25-14-12-23(13-15-25)22(26)17-24-11-4-16-30-21-6-3-2-5-20(21)24/h2-3,5-10H,4,11-17H2,1H3. The largest absolute Gasteiger partial charge is 0.497 e. The molecule has 0 N–H and O–H groups in total. The fourth-order valence-electron chi connectivity index (χ4n) is 3.90. The number of fused-ring (bicyclic) bond motifs is 1. The number of carbonyl (C=O) groups excluding carboxylic acids is 1. The van der Waals surface area contributed by atoms with Crippen molar-refractivity contribution in [1.82, 2.24) is 9.21 Å². The van der Waals surface area contributed by atoms with Crippen molar-refractivity contribution in [3.8, 4) is 5.75 Å². The number of benzene rings is 2. The van der Waals surface area contributed by atoms with Crippen LogP contribution in [-0.4, -0.2) is 75.7 Å². The molecule has 0 unspecified atom stereocenters. The fraction of sp³-hybridized carbons (Fsp3) is 0.409. The third kappa shape index (κ3) is 4.83. The number of sulfonamides is 1. The topological polar surface area (TPSA) is 70.2 Å². The monoisotopic (exact) mass is 461 g/mol. The second kappa shape index (κ2) is 9.50. The minimum Gasteiger partial charge on any atom is -0.497 e. The summed E-state index contributed by atoms with van der Waals surface area (Å²) < 4.78 is 32.4. The van der Waals surface area contributed by atoms with E-state index in [0.29, 0.717) is 38.5 Å². The average Bonchev–Trinajstić information content (AvgIpc) is 3.01. The van der Waals surface area contributed by atoms with Crippen molar-refractivity contribution in [3.05, 3.63) is 48.5 Å². The fourth-order valence-corrected chi connectivity index (χ4v) is 6.34. The van der Waals surface area contributed by atoms with Crippen LogP contribution in [0.4, 0.5) is 5.69 Å². The van der Waals surface area contributed by atoms with Crippen LogP contribution in [0.5, 0.6) is 5.75 Å². The minimum absolute atomic E-state index is 0.0446. The van der Waals surface area contributed by atoms with Gasteiger partial charge in [0.05, 0.1) is 24.2 Å². The van der Waals surface area contributed by atoms with Gasteiger partial charge in [0.1, 0.15) is 5.75 Å². The van der Waals surface area contributed by atoms with Crippen LogP contribution in [0, 0.1) is 0 Å². The minimum atomic E-state index is -3.58. The molecule has 0 aromatic heterocycles. The number of ether oxygens (including phenoxy) is 1. The molecule has 0 aliphatic carbocycles. The number of methoxy groups -OCH3 is 1. The highest BCUT2D eigenvalue weighted by Gasteiger charge is 2.31. The number of hydrogen-bond donors (Lipinski definition) is 0. The zero-order chi connectivity index (χ0) is 21.8. The van der Waals surface area contributed by atoms with Gasteiger partial charge in [-0.25, -0.2) is 8.42 Å². The lowest BCUT2D eigenvalue weighted by Gasteiger charge is -2.35. The molecule has 166 valence electrons. The lowest BCUT2D eigenvalue weighted by molar-refractivity contribution is -0.130. The second-order valence-electron chi connectivity index (χ2n) is 7.55. The lowest BCUT2D eigenvalue weighted by Crippen LogP contribution is -2.52. The van der Waals surface area contributed by atoms with Gasteiger partial charge >= 0.3 is 0 Å². The molecule has 0 atom stereocenters. The summed E-state index contributed by atoms with van der Waals surface area (Å²) in [5.74, 6) is 1.70. The number of hydrogen-bond acceptors (Lipinski definition) is 6. The average molecular weight is 462 g/mol. The SMILES string of the molecule is COc1ccc(S(=O)(=O)N2CCN(C(=O)CN3CCCSc4ccccc43)CC2)cc1. The van der Waals surface area contributed by atoms with Gasteiger partial charge in [-0.05, 0) is 48.6 Å². The van der Waals surface area contributed by atoms with E-state index in [1.165, 1.54) is 9.20 Å². The van der Waals surface area contributed by atoms with E-state index in [4.69, 9.17) is 4.74 Å². The van der Waals surface area contributed by atoms with Crippen molar-refractivity contribution in [2.75, 3.05) is 57.0 Å². The maximum absolute atomic E-state index is 13.0. The van der Waals surface area contributed by atoms with Crippen molar-refractivity contribution >= 4 is 33.4 Å². The molecular weight excluding hydrogens is 434 g/mol. The first-order valence-electron chi connectivity index (χ1n) is 10.4. The van der Waals surface area contributed by atoms with Gasteiger partial charge in [0.25, 0.3) is 0 Å². The van der Waals surface area contributed by atoms with Gasteiger partial charge < -0.3 is 14.5 Å². The maximum Gasteiger partial charge on any atom is 0.243 e. The molecule has 2 aliphatic heterocycles. The van der Waals surface area contributed by atoms with E-state index < -0.39 is 10.0 Å². The number of carbonyl (C=O) groups is 1. The molecule has 0 spiro atoms. The van der Waals surface area contributed by atoms with Crippen molar-refractivity contribution in [2.45, 2.75) is 16.2 Å². The molecule has 1 fully saturated rings. The first-order valence-corrected chi connectivity index (χ1v) is 12.8. The summed E-state index contributed by atoms with van der Waals surface area (Å²) in [7, 11) is -2.04. The number of thioether (sulfide) groups is 1. The number of nitrogens with zero attached hydrogens (tertiary/aromatic N) is 3. The van der Waals surface area contributed by atoms with Gasteiger partial charge in [-0.1, -0.05) is 12.1 Å². The Bertz CT molecular complexity index is 1020. The molecule has 2 aromatic carbocycles. The van der Waals surface area contributed by atoms with Crippen molar-refractivity contribution < 1.29 is 17.9 Å². The van der Waals surface area contributed by atoms with E-state index in [-0.39, 0.29) is 10.8 Å². The zero-order valence-corrected chi connectivity index (χ0v) is 19.2. The van der Waals surface area contributed by atoms with E-state index in [9.17, 15) is 13.2 Å². The number of anilines is 1. The summed E-state index contributed by atoms with van der Waals surface area (Å²) in [4.78, 5) is 18.4. The number of para-hydroxylation sites is 1. The second-order valence-corrected chi connectivity index (χ2v) is 10.6. The molecule has 1 amide bonds. The van der Waals surface area contributed by atoms with Crippen LogP contribution in [0.2, 0.25) is 0 Å². The van der Waals surface area contributed by atoms with Crippen LogP contribution >= 0.6 is 11.8 Å². The van der Waals surface area contributed by atoms with Crippen molar-refractivity contribution in [3.63, 3.8) is 0 Å². The number of amides is 1. The Kier molecular flexibility index (Phi) is 6.74. The Balaban J connectivity index is 1.38. The Morgan fingerprint density at radius 2 is 1.71 bits per heavy atom. The van der Waals surface area contributed by atoms with Gasteiger partial charge in [0, 0.05) is 37.6 Å². The maximum atomic E-state index is 13.0. The summed E-state index contributed by atoms with van der Waals surface area (Å²) in [6.07, 6.45) is 1.03. The van der Waals surface area contributed by atoms with E-state index >= 15 is 0 Å². The van der Waals surface area contributed by atoms with Crippen molar-refractivity contribution in [2.24, 2.45) is 0 Å². The highest BCUT2D eigenvalue weighted by Crippen LogP contribution is 2.33. The summed E-state index contributed by atoms with van der Waals surface area (Å²) in [6.45, 7) is 2.57. The third-order valence-corrected chi connectivity index (χ3v) is 8.71. The molecule has 0 saturated carbocycles. The third-order valence-electron chi connectivity index (χ3n) is 5.65. The molecule has 4 rings (SSSR count). The Morgan fingerprint density at radius 3 is 2.42 bits per heavy atom. The van der Waals surface area contributed by atoms with Gasteiger partial charge in [0.15, 0.2) is 0 Å². The molecule has 2 heterocycles. The Labute approximate surface area is 188 Å². The van der Waals surface area contributed by atoms with Crippen LogP contribution < -0.4 is 9.64 Å². The van der Waals surface area contributed by atoms with Crippen LogP contribution in [0.25, 0.3) is 0 Å². The number of piperazine rings is 1. The van der Waals surface area contributed by atoms with E-state index in [1.54, 1.807) is 36.3 Å². The summed E-state index contributed by atoms with van der Waals surface area (Å²) in [5.41, 5.74) is 1.11. The van der Waals surface area contributed by atoms with Gasteiger partial charge in [-0.2, -0.15) is 4.31 Å². The summed E-state index contributed by atoms with van der Waals surface area (Å²) in [6, 6.07) is 14.6. The molecular formula is C22H27N3O4S2. The van der Waals surface area contributed by atoms with E-state index in [0.717, 1.165) is 24.4 Å². The predicted molar refractivity (Wildman–Crippen MR) is 122 cm³/mol. The molecule has 2 aliphatic rings. The lowest BCUT2D eigenvalue weighted by atomic mass is 10.2. The van der Waals surface area contributed by atoms with E-state index in [2.05, 4.69) is 17.0 Å². The highest BCUT2D eigenvalue weighted by molar-refractivity contribution is 7.99. The first-order chi connectivity index (χ1) is 15.0.